The van der Waals surface area contributed by atoms with Crippen LogP contribution in [0.25, 0.3) is 0 Å². The van der Waals surface area contributed by atoms with Crippen molar-refractivity contribution in [3.63, 3.8) is 0 Å². The average molecular weight is 437 g/mol. The van der Waals surface area contributed by atoms with Crippen molar-refractivity contribution < 1.29 is 113 Å². The van der Waals surface area contributed by atoms with E-state index in [1.807, 2.05) is 0 Å². The van der Waals surface area contributed by atoms with E-state index in [2.05, 4.69) is 0 Å². The smallest absolute Gasteiger partial charge is 0.549 e. The summed E-state index contributed by atoms with van der Waals surface area (Å²) in [6, 6.07) is 0. The van der Waals surface area contributed by atoms with Crippen LogP contribution >= 0.6 is 0 Å². The Morgan fingerprint density at radius 1 is 0.448 bits per heavy atom. The Labute approximate surface area is 215 Å². The molecule has 0 aliphatic heterocycles. The van der Waals surface area contributed by atoms with E-state index >= 15 is 0 Å². The third-order valence-electron chi connectivity index (χ3n) is 3.23. The van der Waals surface area contributed by atoms with Crippen LogP contribution in [0.15, 0.2) is 0 Å². The summed E-state index contributed by atoms with van der Waals surface area (Å²) in [4.78, 5) is 56.4. The first-order valence-electron chi connectivity index (χ1n) is 7.66. The zero-order valence-electron chi connectivity index (χ0n) is 19.3. The van der Waals surface area contributed by atoms with Gasteiger partial charge in [0.05, 0.1) is 29.8 Å². The number of carbonyl (C=O) groups is 5. The molecule has 0 rings (SSSR count). The van der Waals surface area contributed by atoms with Crippen molar-refractivity contribution in [2.24, 2.45) is 0 Å². The molecule has 0 fully saturated rings. The monoisotopic (exact) mass is 437 g/mol. The number of rotatable bonds is 16. The van der Waals surface area contributed by atoms with Gasteiger partial charge in [-0.05, 0) is 0 Å². The SMILES string of the molecule is O=C([O-])CN(CCN(CC(=O)[O-])CC(=O)[O-])CCN(CC(=O)[O-])CC(=O)[O-].[H+].[H+].[H+].[Na+].[Na+]. The fourth-order valence-electron chi connectivity index (χ4n) is 2.18. The summed E-state index contributed by atoms with van der Waals surface area (Å²) >= 11 is 0. The van der Waals surface area contributed by atoms with Crippen LogP contribution in [0.2, 0.25) is 0 Å². The summed E-state index contributed by atoms with van der Waals surface area (Å²) in [6.07, 6.45) is 0. The zero-order valence-corrected chi connectivity index (χ0v) is 20.3. The number of carbonyl (C=O) groups excluding carboxylic acids is 5. The molecule has 0 saturated heterocycles. The van der Waals surface area contributed by atoms with Gasteiger partial charge < -0.3 is 49.5 Å². The number of hydrogen-bond donors (Lipinski definition) is 0. The van der Waals surface area contributed by atoms with Crippen molar-refractivity contribution in [3.8, 4) is 0 Å². The van der Waals surface area contributed by atoms with E-state index in [9.17, 15) is 49.5 Å². The van der Waals surface area contributed by atoms with Gasteiger partial charge in [0.25, 0.3) is 0 Å². The van der Waals surface area contributed by atoms with Gasteiger partial charge >= 0.3 is 63.4 Å². The molecule has 0 aliphatic carbocycles. The molecule has 13 nitrogen and oxygen atoms in total. The maximum atomic E-state index is 10.8. The Morgan fingerprint density at radius 3 is 0.828 bits per heavy atom. The molecular weight excluding hydrogens is 416 g/mol. The second-order valence-electron chi connectivity index (χ2n) is 5.56. The van der Waals surface area contributed by atoms with Gasteiger partial charge in [-0.1, -0.05) is 0 Å². The topological polar surface area (TPSA) is 210 Å². The fraction of sp³-hybridized carbons (Fsp3) is 0.643. The van der Waals surface area contributed by atoms with Crippen LogP contribution in [0.1, 0.15) is 4.28 Å². The summed E-state index contributed by atoms with van der Waals surface area (Å²) in [7, 11) is 0. The van der Waals surface area contributed by atoms with Crippen molar-refractivity contribution in [3.05, 3.63) is 0 Å². The molecule has 0 amide bonds. The second-order valence-corrected chi connectivity index (χ2v) is 5.56. The maximum absolute atomic E-state index is 10.8. The molecular formula is C14H21N3Na2O10. The average Bonchev–Trinajstić information content (AvgIpc) is 2.46. The molecule has 0 unspecified atom stereocenters. The normalized spacial score (nSPS) is 10.3. The van der Waals surface area contributed by atoms with Crippen LogP contribution in [-0.4, -0.2) is 103 Å². The number of carboxylic acids is 5. The van der Waals surface area contributed by atoms with Gasteiger partial charge in [-0.25, -0.2) is 0 Å². The minimum atomic E-state index is -1.54. The Kier molecular flexibility index (Phi) is 20.5. The Hall–Kier alpha value is -0.770. The Balaban J connectivity index is -0.000000338. The molecule has 154 valence electrons. The summed E-state index contributed by atoms with van der Waals surface area (Å²) < 4.78 is 0. The predicted molar refractivity (Wildman–Crippen MR) is 77.7 cm³/mol. The molecule has 0 aliphatic rings. The van der Waals surface area contributed by atoms with Gasteiger partial charge in [-0.15, -0.1) is 0 Å². The third kappa shape index (κ3) is 20.3. The summed E-state index contributed by atoms with van der Waals surface area (Å²) in [6.45, 7) is -4.16. The van der Waals surface area contributed by atoms with Crippen molar-refractivity contribution >= 4 is 29.8 Å². The van der Waals surface area contributed by atoms with Gasteiger partial charge in [-0.2, -0.15) is 0 Å². The van der Waals surface area contributed by atoms with Crippen LogP contribution in [0.3, 0.4) is 0 Å². The van der Waals surface area contributed by atoms with Crippen molar-refractivity contribution in [1.82, 2.24) is 14.7 Å². The van der Waals surface area contributed by atoms with E-state index < -0.39 is 62.6 Å². The minimum absolute atomic E-state index is 0. The van der Waals surface area contributed by atoms with Crippen LogP contribution in [-0.2, 0) is 24.0 Å². The third-order valence-corrected chi connectivity index (χ3v) is 3.23. The van der Waals surface area contributed by atoms with Gasteiger partial charge in [0.1, 0.15) is 0 Å². The Bertz CT molecular complexity index is 506. The van der Waals surface area contributed by atoms with Crippen molar-refractivity contribution in [1.29, 1.82) is 0 Å². The largest absolute Gasteiger partial charge is 1.00 e. The van der Waals surface area contributed by atoms with E-state index in [0.29, 0.717) is 0 Å². The summed E-state index contributed by atoms with van der Waals surface area (Å²) in [5.41, 5.74) is 0. The molecule has 0 saturated carbocycles. The van der Waals surface area contributed by atoms with Crippen LogP contribution in [0, 0.1) is 0 Å². The van der Waals surface area contributed by atoms with Gasteiger partial charge in [0, 0.05) is 58.9 Å². The maximum Gasteiger partial charge on any atom is 1.00 e. The quantitative estimate of drug-likeness (QED) is 0.206. The molecule has 0 spiro atoms. The van der Waals surface area contributed by atoms with E-state index in [-0.39, 0.29) is 89.6 Å². The van der Waals surface area contributed by atoms with Crippen molar-refractivity contribution in [2.75, 3.05) is 58.9 Å². The molecule has 0 aromatic carbocycles. The van der Waals surface area contributed by atoms with Crippen molar-refractivity contribution in [2.45, 2.75) is 0 Å². The molecule has 0 aromatic rings. The molecule has 0 radical (unpaired) electrons. The molecule has 0 heterocycles. The number of carboxylic acid groups (broad SMARTS) is 5. The Morgan fingerprint density at radius 2 is 0.621 bits per heavy atom. The second kappa shape index (κ2) is 18.0. The van der Waals surface area contributed by atoms with Gasteiger partial charge in [0.15, 0.2) is 0 Å². The fourth-order valence-corrected chi connectivity index (χ4v) is 2.18. The van der Waals surface area contributed by atoms with Gasteiger partial charge in [-0.3, -0.25) is 14.7 Å². The first kappa shape index (κ1) is 32.9. The predicted octanol–water partition coefficient (Wildman–Crippen LogP) is -15.0. The number of aliphatic carboxylic acids is 5. The summed E-state index contributed by atoms with van der Waals surface area (Å²) in [5, 5.41) is 53.3. The minimum Gasteiger partial charge on any atom is -0.549 e. The molecule has 0 N–H and O–H groups in total. The molecule has 0 bridgehead atoms. The van der Waals surface area contributed by atoms with Crippen LogP contribution in [0.5, 0.6) is 0 Å². The number of hydrogen-bond acceptors (Lipinski definition) is 13. The molecule has 15 heteroatoms. The molecule has 0 atom stereocenters. The first-order valence-corrected chi connectivity index (χ1v) is 7.66. The van der Waals surface area contributed by atoms with E-state index in [1.165, 1.54) is 4.90 Å². The molecule has 29 heavy (non-hydrogen) atoms. The standard InChI is InChI=1S/C14H23N3O10.2Na/c18-10(19)5-15(1-3-16(6-11(20)21)7-12(22)23)2-4-17(8-13(24)25)9-14(26)27;;/h1-9H2,(H,18,19)(H,20,21)(H,22,23)(H,24,25)(H,26,27);;/q;2*+1/p-2. The van der Waals surface area contributed by atoms with Crippen LogP contribution < -0.4 is 84.6 Å². The number of nitrogens with zero attached hydrogens (tertiary/aromatic N) is 3. The zero-order chi connectivity index (χ0) is 21.0. The van der Waals surface area contributed by atoms with E-state index in [0.717, 1.165) is 9.80 Å². The first-order chi connectivity index (χ1) is 12.5. The van der Waals surface area contributed by atoms with E-state index in [4.69, 9.17) is 0 Å². The van der Waals surface area contributed by atoms with Gasteiger partial charge in [0.2, 0.25) is 0 Å². The van der Waals surface area contributed by atoms with Crippen LogP contribution in [0.4, 0.5) is 0 Å². The molecule has 0 aromatic heterocycles. The van der Waals surface area contributed by atoms with E-state index in [1.54, 1.807) is 0 Å². The summed E-state index contributed by atoms with van der Waals surface area (Å²) in [5.74, 6) is -7.67.